The summed E-state index contributed by atoms with van der Waals surface area (Å²) in [5.41, 5.74) is 1.62. The Morgan fingerprint density at radius 2 is 1.84 bits per heavy atom. The van der Waals surface area contributed by atoms with E-state index in [1.807, 2.05) is 57.2 Å². The van der Waals surface area contributed by atoms with Gasteiger partial charge in [-0.25, -0.2) is 4.79 Å². The van der Waals surface area contributed by atoms with Gasteiger partial charge in [0.25, 0.3) is 0 Å². The number of carbonyl (C=O) groups excluding carboxylic acids is 2. The van der Waals surface area contributed by atoms with Gasteiger partial charge in [0.15, 0.2) is 5.78 Å². The van der Waals surface area contributed by atoms with Gasteiger partial charge in [0.2, 0.25) is 0 Å². The normalized spacial score (nSPS) is 37.7. The summed E-state index contributed by atoms with van der Waals surface area (Å²) < 4.78 is 6.17. The molecule has 1 aromatic rings. The molecule has 2 amide bonds. The van der Waals surface area contributed by atoms with Crippen molar-refractivity contribution in [2.24, 2.45) is 0 Å². The molecule has 5 atom stereocenters. The van der Waals surface area contributed by atoms with Gasteiger partial charge in [0.05, 0.1) is 17.7 Å². The Hall–Kier alpha value is -2.14. The Balaban J connectivity index is 1.77. The molecule has 3 aliphatic heterocycles. The number of hydrogen-bond acceptors (Lipinski definition) is 3. The van der Waals surface area contributed by atoms with Crippen molar-refractivity contribution in [1.82, 2.24) is 9.80 Å². The standard InChI is InChI=1S/C20H24N2O3/c1-12-10-16-18(15(23)11-20(12,3)25-16)22-17(13(2)21(4)19(22)24)14-8-6-5-7-9-14/h5-10,13,16-18H,11H2,1-4H3/t13-,16-,17-,18-,20-/m0/s1. The summed E-state index contributed by atoms with van der Waals surface area (Å²) >= 11 is 0. The highest BCUT2D eigenvalue weighted by atomic mass is 16.5. The quantitative estimate of drug-likeness (QED) is 0.778. The maximum absolute atomic E-state index is 13.0. The number of nitrogens with zero attached hydrogens (tertiary/aromatic N) is 2. The minimum absolute atomic E-state index is 0.0116. The summed E-state index contributed by atoms with van der Waals surface area (Å²) in [5.74, 6) is 0.0867. The van der Waals surface area contributed by atoms with Crippen LogP contribution in [-0.4, -0.2) is 52.5 Å². The van der Waals surface area contributed by atoms with E-state index < -0.39 is 11.6 Å². The summed E-state index contributed by atoms with van der Waals surface area (Å²) in [6, 6.07) is 9.11. The predicted molar refractivity (Wildman–Crippen MR) is 94.1 cm³/mol. The molecule has 2 bridgehead atoms. The van der Waals surface area contributed by atoms with E-state index in [0.29, 0.717) is 6.42 Å². The molecule has 2 saturated heterocycles. The molecular weight excluding hydrogens is 316 g/mol. The molecule has 5 heteroatoms. The van der Waals surface area contributed by atoms with Crippen molar-refractivity contribution in [3.8, 4) is 0 Å². The number of amides is 2. The number of urea groups is 1. The Labute approximate surface area is 148 Å². The summed E-state index contributed by atoms with van der Waals surface area (Å²) in [4.78, 5) is 29.5. The van der Waals surface area contributed by atoms with Crippen LogP contribution in [0.5, 0.6) is 0 Å². The third kappa shape index (κ3) is 2.25. The molecule has 0 radical (unpaired) electrons. The van der Waals surface area contributed by atoms with Gasteiger partial charge in [-0.05, 0) is 31.9 Å². The van der Waals surface area contributed by atoms with E-state index in [1.165, 1.54) is 0 Å². The molecule has 0 aliphatic carbocycles. The molecule has 3 aliphatic rings. The molecule has 1 aromatic carbocycles. The largest absolute Gasteiger partial charge is 0.361 e. The van der Waals surface area contributed by atoms with Crippen molar-refractivity contribution in [3.63, 3.8) is 0 Å². The fourth-order valence-electron chi connectivity index (χ4n) is 4.42. The minimum atomic E-state index is -0.560. The molecule has 0 aromatic heterocycles. The van der Waals surface area contributed by atoms with E-state index in [-0.39, 0.29) is 30.0 Å². The van der Waals surface area contributed by atoms with Gasteiger partial charge in [-0.3, -0.25) is 4.79 Å². The third-order valence-corrected chi connectivity index (χ3v) is 6.13. The second-order valence-electron chi connectivity index (χ2n) is 7.65. The zero-order valence-corrected chi connectivity index (χ0v) is 15.1. The van der Waals surface area contributed by atoms with Crippen molar-refractivity contribution >= 4 is 11.8 Å². The number of ether oxygens (including phenoxy) is 1. The van der Waals surface area contributed by atoms with Gasteiger partial charge >= 0.3 is 6.03 Å². The minimum Gasteiger partial charge on any atom is -0.361 e. The van der Waals surface area contributed by atoms with E-state index >= 15 is 0 Å². The molecular formula is C20H24N2O3. The molecule has 0 saturated carbocycles. The van der Waals surface area contributed by atoms with Crippen LogP contribution in [-0.2, 0) is 9.53 Å². The summed E-state index contributed by atoms with van der Waals surface area (Å²) in [7, 11) is 1.80. The van der Waals surface area contributed by atoms with Crippen LogP contribution in [0.15, 0.2) is 42.0 Å². The fraction of sp³-hybridized carbons (Fsp3) is 0.500. The second-order valence-corrected chi connectivity index (χ2v) is 7.65. The van der Waals surface area contributed by atoms with Gasteiger partial charge in [-0.2, -0.15) is 0 Å². The average molecular weight is 340 g/mol. The van der Waals surface area contributed by atoms with Crippen LogP contribution in [0.25, 0.3) is 0 Å². The number of carbonyl (C=O) groups is 2. The van der Waals surface area contributed by atoms with Crippen LogP contribution < -0.4 is 0 Å². The highest BCUT2D eigenvalue weighted by Gasteiger charge is 2.56. The first kappa shape index (κ1) is 16.3. The Morgan fingerprint density at radius 3 is 2.52 bits per heavy atom. The maximum atomic E-state index is 13.0. The monoisotopic (exact) mass is 340 g/mol. The van der Waals surface area contributed by atoms with Crippen molar-refractivity contribution in [2.45, 2.75) is 57.0 Å². The van der Waals surface area contributed by atoms with Gasteiger partial charge in [0.1, 0.15) is 12.1 Å². The van der Waals surface area contributed by atoms with Crippen molar-refractivity contribution in [2.75, 3.05) is 7.05 Å². The number of hydrogen-bond donors (Lipinski definition) is 0. The van der Waals surface area contributed by atoms with Crippen molar-refractivity contribution in [3.05, 3.63) is 47.5 Å². The maximum Gasteiger partial charge on any atom is 0.321 e. The van der Waals surface area contributed by atoms with E-state index in [4.69, 9.17) is 4.74 Å². The van der Waals surface area contributed by atoms with E-state index in [2.05, 4.69) is 0 Å². The topological polar surface area (TPSA) is 49.9 Å². The highest BCUT2D eigenvalue weighted by Crippen LogP contribution is 2.45. The van der Waals surface area contributed by atoms with Gasteiger partial charge in [-0.1, -0.05) is 36.4 Å². The Kier molecular flexibility index (Phi) is 3.55. The molecule has 3 heterocycles. The van der Waals surface area contributed by atoms with Crippen LogP contribution in [0.2, 0.25) is 0 Å². The lowest BCUT2D eigenvalue weighted by molar-refractivity contribution is -0.148. The zero-order chi connectivity index (χ0) is 17.9. The second kappa shape index (κ2) is 5.43. The number of rotatable bonds is 2. The summed E-state index contributed by atoms with van der Waals surface area (Å²) in [5, 5.41) is 0. The lowest BCUT2D eigenvalue weighted by Gasteiger charge is -2.41. The molecule has 2 fully saturated rings. The molecule has 132 valence electrons. The molecule has 5 nitrogen and oxygen atoms in total. The highest BCUT2D eigenvalue weighted by molar-refractivity contribution is 5.93. The number of fused-ring (bicyclic) bond motifs is 2. The predicted octanol–water partition coefficient (Wildman–Crippen LogP) is 2.93. The summed E-state index contributed by atoms with van der Waals surface area (Å²) in [6.07, 6.45) is 1.98. The number of Topliss-reactive ketones (excluding diaryl/α,β-unsaturated/α-hetero) is 1. The molecule has 4 rings (SSSR count). The van der Waals surface area contributed by atoms with Crippen LogP contribution in [0.3, 0.4) is 0 Å². The van der Waals surface area contributed by atoms with Gasteiger partial charge in [-0.15, -0.1) is 0 Å². The molecule has 0 unspecified atom stereocenters. The number of ketones is 1. The van der Waals surface area contributed by atoms with Crippen LogP contribution in [0.4, 0.5) is 4.79 Å². The molecule has 0 N–H and O–H groups in total. The lowest BCUT2D eigenvalue weighted by Crippen LogP contribution is -2.56. The van der Waals surface area contributed by atoms with Gasteiger partial charge in [0, 0.05) is 13.5 Å². The third-order valence-electron chi connectivity index (χ3n) is 6.13. The van der Waals surface area contributed by atoms with Crippen LogP contribution >= 0.6 is 0 Å². The lowest BCUT2D eigenvalue weighted by atomic mass is 9.89. The fourth-order valence-corrected chi connectivity index (χ4v) is 4.42. The number of benzene rings is 1. The van der Waals surface area contributed by atoms with Crippen molar-refractivity contribution in [1.29, 1.82) is 0 Å². The number of likely N-dealkylation sites (N-methyl/N-ethyl adjacent to an activating group) is 1. The van der Waals surface area contributed by atoms with Gasteiger partial charge < -0.3 is 14.5 Å². The smallest absolute Gasteiger partial charge is 0.321 e. The first-order valence-electron chi connectivity index (χ1n) is 8.83. The SMILES string of the molecule is CC1=C[C@@H]2O[C@@]1(C)CC(=O)[C@@H]2N1C(=O)N(C)[C@@H](C)[C@H]1c1ccccc1. The molecule has 25 heavy (non-hydrogen) atoms. The first-order chi connectivity index (χ1) is 11.8. The zero-order valence-electron chi connectivity index (χ0n) is 15.1. The van der Waals surface area contributed by atoms with E-state index in [0.717, 1.165) is 11.1 Å². The van der Waals surface area contributed by atoms with Crippen LogP contribution in [0, 0.1) is 0 Å². The van der Waals surface area contributed by atoms with Crippen LogP contribution in [0.1, 0.15) is 38.8 Å². The summed E-state index contributed by atoms with van der Waals surface area (Å²) in [6.45, 7) is 6.00. The van der Waals surface area contributed by atoms with E-state index in [9.17, 15) is 9.59 Å². The first-order valence-corrected chi connectivity index (χ1v) is 8.83. The Morgan fingerprint density at radius 1 is 1.16 bits per heavy atom. The van der Waals surface area contributed by atoms with Crippen molar-refractivity contribution < 1.29 is 14.3 Å². The Bertz CT molecular complexity index is 759. The molecule has 0 spiro atoms. The van der Waals surface area contributed by atoms with E-state index in [1.54, 1.807) is 16.8 Å². The average Bonchev–Trinajstić information content (AvgIpc) is 2.94.